The minimum Gasteiger partial charge on any atom is -0.488 e. The van der Waals surface area contributed by atoms with E-state index >= 15 is 0 Å². The quantitative estimate of drug-likeness (QED) is 0.773. The minimum absolute atomic E-state index is 0.0143. The number of nitrogens with zero attached hydrogens (tertiary/aromatic N) is 1. The van der Waals surface area contributed by atoms with Crippen molar-refractivity contribution in [1.82, 2.24) is 10.2 Å². The molecule has 162 valence electrons. The van der Waals surface area contributed by atoms with Gasteiger partial charge in [0, 0.05) is 31.6 Å². The molecular weight excluding hydrogens is 392 g/mol. The van der Waals surface area contributed by atoms with Crippen LogP contribution < -0.4 is 10.1 Å². The first kappa shape index (κ1) is 21.1. The number of aliphatic carboxylic acids is 1. The van der Waals surface area contributed by atoms with E-state index in [0.717, 1.165) is 42.8 Å². The van der Waals surface area contributed by atoms with Crippen LogP contribution in [0.15, 0.2) is 48.0 Å². The second-order valence-corrected chi connectivity index (χ2v) is 8.23. The number of carboxylic acid groups (broad SMARTS) is 1. The second kappa shape index (κ2) is 9.35. The molecule has 0 bridgehead atoms. The zero-order valence-electron chi connectivity index (χ0n) is 17.8. The maximum absolute atomic E-state index is 12.0. The van der Waals surface area contributed by atoms with Gasteiger partial charge in [0.15, 0.2) is 0 Å². The largest absolute Gasteiger partial charge is 0.488 e. The molecule has 0 radical (unpaired) electrons. The van der Waals surface area contributed by atoms with E-state index in [4.69, 9.17) is 9.84 Å². The molecule has 2 N–H and O–H groups in total. The average molecular weight is 421 g/mol. The highest BCUT2D eigenvalue weighted by atomic mass is 16.5. The lowest BCUT2D eigenvalue weighted by atomic mass is 9.86. The summed E-state index contributed by atoms with van der Waals surface area (Å²) >= 11 is 0. The summed E-state index contributed by atoms with van der Waals surface area (Å²) in [6.45, 7) is 2.97. The van der Waals surface area contributed by atoms with Crippen LogP contribution >= 0.6 is 0 Å². The van der Waals surface area contributed by atoms with E-state index in [-0.39, 0.29) is 18.7 Å². The predicted octanol–water partition coefficient (Wildman–Crippen LogP) is 3.59. The van der Waals surface area contributed by atoms with Gasteiger partial charge in [-0.05, 0) is 54.3 Å². The van der Waals surface area contributed by atoms with E-state index in [1.54, 1.807) is 0 Å². The molecule has 2 aliphatic heterocycles. The Morgan fingerprint density at radius 3 is 2.61 bits per heavy atom. The van der Waals surface area contributed by atoms with Gasteiger partial charge in [-0.1, -0.05) is 35.9 Å². The van der Waals surface area contributed by atoms with Crippen molar-refractivity contribution in [2.24, 2.45) is 0 Å². The molecule has 1 amide bonds. The van der Waals surface area contributed by atoms with Crippen LogP contribution in [0.3, 0.4) is 0 Å². The van der Waals surface area contributed by atoms with Gasteiger partial charge in [-0.2, -0.15) is 0 Å². The highest BCUT2D eigenvalue weighted by molar-refractivity contribution is 5.87. The molecule has 0 aliphatic carbocycles. The number of amides is 1. The Hall–Kier alpha value is -3.12. The molecule has 0 spiro atoms. The number of benzene rings is 2. The van der Waals surface area contributed by atoms with Crippen molar-refractivity contribution in [1.29, 1.82) is 0 Å². The predicted molar refractivity (Wildman–Crippen MR) is 119 cm³/mol. The molecule has 2 aromatic carbocycles. The second-order valence-electron chi connectivity index (χ2n) is 8.23. The van der Waals surface area contributed by atoms with Gasteiger partial charge in [-0.3, -0.25) is 9.59 Å². The maximum atomic E-state index is 12.0. The van der Waals surface area contributed by atoms with Gasteiger partial charge >= 0.3 is 5.97 Å². The van der Waals surface area contributed by atoms with Crippen molar-refractivity contribution in [3.63, 3.8) is 0 Å². The number of carbonyl (C=O) groups excluding carboxylic acids is 1. The monoisotopic (exact) mass is 420 g/mol. The molecule has 1 saturated heterocycles. The fourth-order valence-corrected chi connectivity index (χ4v) is 4.23. The van der Waals surface area contributed by atoms with Gasteiger partial charge in [0.05, 0.1) is 6.42 Å². The molecule has 0 atom stereocenters. The Morgan fingerprint density at radius 1 is 1.06 bits per heavy atom. The van der Waals surface area contributed by atoms with E-state index < -0.39 is 5.97 Å². The molecule has 31 heavy (non-hydrogen) atoms. The van der Waals surface area contributed by atoms with Crippen molar-refractivity contribution in [2.45, 2.75) is 38.8 Å². The van der Waals surface area contributed by atoms with E-state index in [9.17, 15) is 9.59 Å². The molecule has 2 aromatic rings. The number of rotatable bonds is 5. The first-order valence-electron chi connectivity index (χ1n) is 10.7. The fourth-order valence-electron chi connectivity index (χ4n) is 4.23. The number of piperidine rings is 1. The minimum atomic E-state index is -0.967. The van der Waals surface area contributed by atoms with E-state index in [2.05, 4.69) is 41.5 Å². The Kier molecular flexibility index (Phi) is 6.37. The van der Waals surface area contributed by atoms with E-state index in [1.807, 2.05) is 18.2 Å². The Bertz CT molecular complexity index is 1020. The third-order valence-corrected chi connectivity index (χ3v) is 5.98. The molecule has 4 rings (SSSR count). The lowest BCUT2D eigenvalue weighted by Crippen LogP contribution is -2.27. The van der Waals surface area contributed by atoms with Crippen molar-refractivity contribution < 1.29 is 19.4 Å². The number of hydrogen-bond acceptors (Lipinski definition) is 4. The third kappa shape index (κ3) is 4.97. The Balaban J connectivity index is 1.66. The van der Waals surface area contributed by atoms with Crippen LogP contribution in [0.25, 0.3) is 5.57 Å². The third-order valence-electron chi connectivity index (χ3n) is 5.98. The summed E-state index contributed by atoms with van der Waals surface area (Å²) in [5.41, 5.74) is 7.15. The summed E-state index contributed by atoms with van der Waals surface area (Å²) in [4.78, 5) is 25.0. The number of hydrogen-bond donors (Lipinski definition) is 2. The lowest BCUT2D eigenvalue weighted by Gasteiger charge is -2.27. The summed E-state index contributed by atoms with van der Waals surface area (Å²) in [5, 5.41) is 11.6. The van der Waals surface area contributed by atoms with Gasteiger partial charge in [-0.25, -0.2) is 0 Å². The van der Waals surface area contributed by atoms with Crippen molar-refractivity contribution >= 4 is 17.4 Å². The number of fused-ring (bicyclic) bond motifs is 2. The number of ether oxygens (including phenoxy) is 1. The van der Waals surface area contributed by atoms with Crippen molar-refractivity contribution in [3.05, 3.63) is 70.3 Å². The van der Waals surface area contributed by atoms with Crippen LogP contribution in [0.1, 0.15) is 47.9 Å². The molecule has 1 fully saturated rings. The molecule has 0 aromatic heterocycles. The van der Waals surface area contributed by atoms with Crippen LogP contribution in [-0.2, 0) is 22.7 Å². The zero-order valence-corrected chi connectivity index (χ0v) is 17.8. The summed E-state index contributed by atoms with van der Waals surface area (Å²) in [6, 6.07) is 14.5. The molecular formula is C25H28N2O4. The summed E-state index contributed by atoms with van der Waals surface area (Å²) in [6.07, 6.45) is 1.87. The summed E-state index contributed by atoms with van der Waals surface area (Å²) in [5.74, 6) is -0.364. The first-order chi connectivity index (χ1) is 15.0. The molecule has 0 unspecified atom stereocenters. The highest BCUT2D eigenvalue weighted by Crippen LogP contribution is 2.41. The molecule has 6 heteroatoms. The Morgan fingerprint density at radius 2 is 1.84 bits per heavy atom. The average Bonchev–Trinajstić information content (AvgIpc) is 2.93. The maximum Gasteiger partial charge on any atom is 0.303 e. The van der Waals surface area contributed by atoms with E-state index in [0.29, 0.717) is 13.2 Å². The van der Waals surface area contributed by atoms with E-state index in [1.165, 1.54) is 22.3 Å². The standard InChI is InChI=1S/C25H28N2O4/c1-27-12-10-18(11-13-27)25-20-5-3-2-4-19(20)16-31-22-7-6-17(14-21(22)25)15-26-23(28)8-9-24(29)30/h2-7,14H,8-13,15-16H2,1H3,(H,26,28)(H,29,30). The number of carboxylic acids is 1. The van der Waals surface area contributed by atoms with Gasteiger partial charge in [0.2, 0.25) is 5.91 Å². The SMILES string of the molecule is CN1CCC(=C2c3ccccc3COc3ccc(CNC(=O)CCC(=O)O)cc32)CC1. The summed E-state index contributed by atoms with van der Waals surface area (Å²) < 4.78 is 6.17. The van der Waals surface area contributed by atoms with Crippen LogP contribution in [0.5, 0.6) is 5.75 Å². The Labute approximate surface area is 182 Å². The van der Waals surface area contributed by atoms with Crippen LogP contribution in [0.4, 0.5) is 0 Å². The molecule has 6 nitrogen and oxygen atoms in total. The van der Waals surface area contributed by atoms with Crippen LogP contribution in [-0.4, -0.2) is 42.0 Å². The number of carbonyl (C=O) groups is 2. The molecule has 2 aliphatic rings. The fraction of sp³-hybridized carbons (Fsp3) is 0.360. The van der Waals surface area contributed by atoms with Gasteiger partial charge in [0.25, 0.3) is 0 Å². The zero-order chi connectivity index (χ0) is 21.8. The lowest BCUT2D eigenvalue weighted by molar-refractivity contribution is -0.138. The smallest absolute Gasteiger partial charge is 0.303 e. The number of likely N-dealkylation sites (tertiary alicyclic amines) is 1. The number of nitrogens with one attached hydrogen (secondary N) is 1. The van der Waals surface area contributed by atoms with Gasteiger partial charge in [-0.15, -0.1) is 0 Å². The van der Waals surface area contributed by atoms with Crippen molar-refractivity contribution in [3.8, 4) is 5.75 Å². The normalized spacial score (nSPS) is 16.0. The van der Waals surface area contributed by atoms with Crippen LogP contribution in [0.2, 0.25) is 0 Å². The molecule has 0 saturated carbocycles. The summed E-state index contributed by atoms with van der Waals surface area (Å²) in [7, 11) is 2.16. The highest BCUT2D eigenvalue weighted by Gasteiger charge is 2.24. The van der Waals surface area contributed by atoms with Crippen LogP contribution in [0, 0.1) is 0 Å². The molecule has 2 heterocycles. The first-order valence-corrected chi connectivity index (χ1v) is 10.7. The van der Waals surface area contributed by atoms with Crippen molar-refractivity contribution in [2.75, 3.05) is 20.1 Å². The van der Waals surface area contributed by atoms with Gasteiger partial charge < -0.3 is 20.1 Å². The topological polar surface area (TPSA) is 78.9 Å². The van der Waals surface area contributed by atoms with Gasteiger partial charge in [0.1, 0.15) is 12.4 Å².